The van der Waals surface area contributed by atoms with Gasteiger partial charge in [0.2, 0.25) is 0 Å². The molecule has 3 nitrogen and oxygen atoms in total. The number of nitrogens with one attached hydrogen (secondary N) is 2. The molecule has 0 aromatic carbocycles. The molecular formula is C10H11N3. The van der Waals surface area contributed by atoms with E-state index in [1.54, 1.807) is 0 Å². The summed E-state index contributed by atoms with van der Waals surface area (Å²) in [6.07, 6.45) is 7.29. The lowest BCUT2D eigenvalue weighted by molar-refractivity contribution is 0.748. The van der Waals surface area contributed by atoms with Gasteiger partial charge < -0.3 is 4.98 Å². The lowest BCUT2D eigenvalue weighted by Gasteiger charge is -2.15. The number of nitrogens with zero attached hydrogens (tertiary/aromatic N) is 1. The van der Waals surface area contributed by atoms with E-state index in [1.807, 2.05) is 6.21 Å². The van der Waals surface area contributed by atoms with Gasteiger partial charge >= 0.3 is 0 Å². The standard InChI is InChI=1S/C10H11N3/c1-6-4-11-10-2-7-5-12-13-9(7)3-8(6)10/h3-5,7,11,13H,2H2,1H3. The summed E-state index contributed by atoms with van der Waals surface area (Å²) in [4.78, 5) is 3.30. The summed E-state index contributed by atoms with van der Waals surface area (Å²) in [6.45, 7) is 2.13. The Labute approximate surface area is 76.5 Å². The van der Waals surface area contributed by atoms with Gasteiger partial charge in [-0.1, -0.05) is 0 Å². The van der Waals surface area contributed by atoms with Crippen molar-refractivity contribution >= 4 is 12.3 Å². The Balaban J connectivity index is 2.14. The van der Waals surface area contributed by atoms with E-state index in [9.17, 15) is 0 Å². The summed E-state index contributed by atoms with van der Waals surface area (Å²) in [6, 6.07) is 0. The third kappa shape index (κ3) is 0.869. The van der Waals surface area contributed by atoms with Crippen LogP contribution in [0.5, 0.6) is 0 Å². The predicted molar refractivity (Wildman–Crippen MR) is 52.3 cm³/mol. The molecule has 66 valence electrons. The quantitative estimate of drug-likeness (QED) is 0.612. The molecular weight excluding hydrogens is 162 g/mol. The summed E-state index contributed by atoms with van der Waals surface area (Å²) < 4.78 is 0. The van der Waals surface area contributed by atoms with Crippen molar-refractivity contribution in [3.05, 3.63) is 28.7 Å². The van der Waals surface area contributed by atoms with E-state index in [2.05, 4.69) is 34.7 Å². The Kier molecular flexibility index (Phi) is 1.20. The second-order valence-corrected chi connectivity index (χ2v) is 3.66. The number of allylic oxidation sites excluding steroid dienone is 1. The van der Waals surface area contributed by atoms with Crippen molar-refractivity contribution in [3.8, 4) is 0 Å². The van der Waals surface area contributed by atoms with E-state index < -0.39 is 0 Å². The number of fused-ring (bicyclic) bond motifs is 2. The van der Waals surface area contributed by atoms with Gasteiger partial charge in [0.1, 0.15) is 0 Å². The molecule has 0 bridgehead atoms. The van der Waals surface area contributed by atoms with Crippen LogP contribution in [0.3, 0.4) is 0 Å². The molecule has 1 aromatic heterocycles. The van der Waals surface area contributed by atoms with Gasteiger partial charge in [-0.3, -0.25) is 5.43 Å². The summed E-state index contributed by atoms with van der Waals surface area (Å²) in [5, 5.41) is 4.06. The van der Waals surface area contributed by atoms with Crippen molar-refractivity contribution in [3.63, 3.8) is 0 Å². The van der Waals surface area contributed by atoms with Crippen molar-refractivity contribution in [1.82, 2.24) is 10.4 Å². The van der Waals surface area contributed by atoms with Crippen LogP contribution in [-0.4, -0.2) is 11.2 Å². The first-order valence-electron chi connectivity index (χ1n) is 4.52. The molecule has 13 heavy (non-hydrogen) atoms. The molecule has 3 heteroatoms. The first-order valence-corrected chi connectivity index (χ1v) is 4.52. The molecule has 1 aliphatic heterocycles. The molecule has 2 heterocycles. The number of hydrazone groups is 1. The van der Waals surface area contributed by atoms with Crippen LogP contribution >= 0.6 is 0 Å². The molecule has 1 aliphatic carbocycles. The zero-order valence-electron chi connectivity index (χ0n) is 7.46. The number of rotatable bonds is 0. The normalized spacial score (nSPS) is 23.5. The molecule has 3 rings (SSSR count). The zero-order chi connectivity index (χ0) is 8.84. The van der Waals surface area contributed by atoms with E-state index in [0.29, 0.717) is 5.92 Å². The third-order valence-corrected chi connectivity index (χ3v) is 2.78. The SMILES string of the molecule is Cc1c[nH]c2c1C=C1NN=CC1C2. The minimum absolute atomic E-state index is 0.463. The Morgan fingerprint density at radius 2 is 2.46 bits per heavy atom. The molecule has 1 aromatic rings. The maximum atomic E-state index is 4.06. The first kappa shape index (κ1) is 6.95. The lowest BCUT2D eigenvalue weighted by atomic mass is 9.92. The fourth-order valence-electron chi connectivity index (χ4n) is 2.00. The third-order valence-electron chi connectivity index (χ3n) is 2.78. The Bertz CT molecular complexity index is 412. The highest BCUT2D eigenvalue weighted by atomic mass is 15.3. The van der Waals surface area contributed by atoms with Crippen molar-refractivity contribution in [2.45, 2.75) is 13.3 Å². The van der Waals surface area contributed by atoms with E-state index >= 15 is 0 Å². The number of aryl methyl sites for hydroxylation is 1. The second kappa shape index (κ2) is 2.25. The van der Waals surface area contributed by atoms with Gasteiger partial charge in [-0.15, -0.1) is 0 Å². The summed E-state index contributed by atoms with van der Waals surface area (Å²) in [5.74, 6) is 0.463. The Hall–Kier alpha value is -1.51. The largest absolute Gasteiger partial charge is 0.364 e. The molecule has 0 amide bonds. The summed E-state index contributed by atoms with van der Waals surface area (Å²) in [5.41, 5.74) is 8.25. The number of hydrogen-bond acceptors (Lipinski definition) is 2. The first-order chi connectivity index (χ1) is 6.34. The van der Waals surface area contributed by atoms with Crippen LogP contribution in [0.25, 0.3) is 6.08 Å². The van der Waals surface area contributed by atoms with Gasteiger partial charge in [0.05, 0.1) is 0 Å². The maximum absolute atomic E-state index is 4.06. The average Bonchev–Trinajstić information content (AvgIpc) is 2.70. The van der Waals surface area contributed by atoms with Crippen LogP contribution in [0.1, 0.15) is 16.8 Å². The van der Waals surface area contributed by atoms with Crippen LogP contribution in [0.2, 0.25) is 0 Å². The monoisotopic (exact) mass is 173 g/mol. The van der Waals surface area contributed by atoms with Crippen molar-refractivity contribution in [2.24, 2.45) is 11.0 Å². The summed E-state index contributed by atoms with van der Waals surface area (Å²) >= 11 is 0. The Morgan fingerprint density at radius 3 is 3.38 bits per heavy atom. The van der Waals surface area contributed by atoms with Gasteiger partial charge in [-0.05, 0) is 24.1 Å². The fraction of sp³-hybridized carbons (Fsp3) is 0.300. The second-order valence-electron chi connectivity index (χ2n) is 3.66. The van der Waals surface area contributed by atoms with Crippen LogP contribution < -0.4 is 5.43 Å². The van der Waals surface area contributed by atoms with Gasteiger partial charge in [0.25, 0.3) is 0 Å². The molecule has 2 aliphatic rings. The smallest absolute Gasteiger partial charge is 0.0433 e. The van der Waals surface area contributed by atoms with Crippen LogP contribution in [-0.2, 0) is 6.42 Å². The summed E-state index contributed by atoms with van der Waals surface area (Å²) in [7, 11) is 0. The fourth-order valence-corrected chi connectivity index (χ4v) is 2.00. The lowest BCUT2D eigenvalue weighted by Crippen LogP contribution is -2.15. The highest BCUT2D eigenvalue weighted by Crippen LogP contribution is 2.29. The molecule has 1 atom stereocenters. The van der Waals surface area contributed by atoms with E-state index in [1.165, 1.54) is 22.5 Å². The number of hydrogen-bond donors (Lipinski definition) is 2. The van der Waals surface area contributed by atoms with Gasteiger partial charge in [-0.25, -0.2) is 0 Å². The van der Waals surface area contributed by atoms with Crippen LogP contribution in [0, 0.1) is 12.8 Å². The molecule has 0 radical (unpaired) electrons. The highest BCUT2D eigenvalue weighted by Gasteiger charge is 2.24. The van der Waals surface area contributed by atoms with Crippen molar-refractivity contribution in [2.75, 3.05) is 0 Å². The van der Waals surface area contributed by atoms with Crippen molar-refractivity contribution < 1.29 is 0 Å². The van der Waals surface area contributed by atoms with Gasteiger partial charge in [-0.2, -0.15) is 5.10 Å². The topological polar surface area (TPSA) is 40.2 Å². The number of H-pyrrole nitrogens is 1. The molecule has 0 spiro atoms. The minimum Gasteiger partial charge on any atom is -0.364 e. The molecule has 0 fully saturated rings. The predicted octanol–water partition coefficient (Wildman–Crippen LogP) is 1.43. The van der Waals surface area contributed by atoms with Crippen LogP contribution in [0.15, 0.2) is 17.0 Å². The highest BCUT2D eigenvalue weighted by molar-refractivity contribution is 5.75. The van der Waals surface area contributed by atoms with Gasteiger partial charge in [0, 0.05) is 36.1 Å². The van der Waals surface area contributed by atoms with E-state index in [0.717, 1.165) is 6.42 Å². The molecule has 0 saturated heterocycles. The number of aromatic nitrogens is 1. The van der Waals surface area contributed by atoms with Crippen molar-refractivity contribution in [1.29, 1.82) is 0 Å². The number of aromatic amines is 1. The Morgan fingerprint density at radius 1 is 1.54 bits per heavy atom. The molecule has 2 N–H and O–H groups in total. The van der Waals surface area contributed by atoms with E-state index in [-0.39, 0.29) is 0 Å². The zero-order valence-corrected chi connectivity index (χ0v) is 7.46. The van der Waals surface area contributed by atoms with E-state index in [4.69, 9.17) is 0 Å². The van der Waals surface area contributed by atoms with Crippen LogP contribution in [0.4, 0.5) is 0 Å². The average molecular weight is 173 g/mol. The molecule has 0 saturated carbocycles. The molecule has 1 unspecified atom stereocenters. The van der Waals surface area contributed by atoms with Gasteiger partial charge in [0.15, 0.2) is 0 Å². The minimum atomic E-state index is 0.463. The maximum Gasteiger partial charge on any atom is 0.0433 e.